The lowest BCUT2D eigenvalue weighted by Crippen LogP contribution is -2.28. The van der Waals surface area contributed by atoms with Crippen LogP contribution in [0.4, 0.5) is 8.78 Å². The molecule has 0 heterocycles. The number of hydrogen-bond acceptors (Lipinski definition) is 4. The molecule has 0 saturated carbocycles. The molecule has 0 fully saturated rings. The fraction of sp³-hybridized carbons (Fsp3) is 0.333. The van der Waals surface area contributed by atoms with Gasteiger partial charge in [0.2, 0.25) is 5.91 Å². The first kappa shape index (κ1) is 14.9. The Morgan fingerprint density at radius 1 is 1.53 bits per heavy atom. The van der Waals surface area contributed by atoms with Crippen molar-refractivity contribution in [1.29, 1.82) is 5.26 Å². The van der Waals surface area contributed by atoms with Gasteiger partial charge in [-0.3, -0.25) is 4.79 Å². The Kier molecular flexibility index (Phi) is 5.21. The molecular weight excluding hydrogens is 256 g/mol. The number of hydrogen-bond donors (Lipinski definition) is 2. The van der Waals surface area contributed by atoms with Crippen LogP contribution >= 0.6 is 0 Å². The van der Waals surface area contributed by atoms with Crippen LogP contribution < -0.4 is 15.8 Å². The normalized spacial score (nSPS) is 11.5. The maximum atomic E-state index is 13.7. The maximum absolute atomic E-state index is 13.7. The summed E-state index contributed by atoms with van der Waals surface area (Å²) in [4.78, 5) is 11.3. The average Bonchev–Trinajstić information content (AvgIpc) is 2.35. The van der Waals surface area contributed by atoms with E-state index < -0.39 is 23.6 Å². The lowest BCUT2D eigenvalue weighted by Gasteiger charge is -2.14. The van der Waals surface area contributed by atoms with E-state index >= 15 is 0 Å². The van der Waals surface area contributed by atoms with Crippen molar-refractivity contribution < 1.29 is 18.3 Å². The molecule has 19 heavy (non-hydrogen) atoms. The highest BCUT2D eigenvalue weighted by Gasteiger charge is 2.20. The Morgan fingerprint density at radius 2 is 2.11 bits per heavy atom. The number of nitrogens with two attached hydrogens (primary N) is 1. The molecule has 3 N–H and O–H groups in total. The number of rotatable bonds is 5. The van der Waals surface area contributed by atoms with Gasteiger partial charge in [-0.05, 0) is 0 Å². The summed E-state index contributed by atoms with van der Waals surface area (Å²) in [6.45, 7) is -0.181. The molecule has 0 aromatic heterocycles. The second-order valence-corrected chi connectivity index (χ2v) is 3.75. The zero-order chi connectivity index (χ0) is 14.4. The molecule has 1 aromatic rings. The maximum Gasteiger partial charge on any atom is 0.222 e. The molecule has 102 valence electrons. The quantitative estimate of drug-likeness (QED) is 0.781. The molecule has 0 saturated heterocycles. The first-order valence-corrected chi connectivity index (χ1v) is 5.41. The smallest absolute Gasteiger partial charge is 0.222 e. The number of nitrogens with one attached hydrogen (secondary N) is 1. The van der Waals surface area contributed by atoms with Crippen LogP contribution in [-0.4, -0.2) is 19.6 Å². The van der Waals surface area contributed by atoms with Crippen LogP contribution in [-0.2, 0) is 4.79 Å². The van der Waals surface area contributed by atoms with Crippen LogP contribution in [0.15, 0.2) is 12.1 Å². The van der Waals surface area contributed by atoms with E-state index in [0.29, 0.717) is 0 Å². The number of nitrogens with zero attached hydrogens (tertiary/aromatic N) is 1. The fourth-order valence-electron chi connectivity index (χ4n) is 1.55. The van der Waals surface area contributed by atoms with Gasteiger partial charge in [-0.2, -0.15) is 5.26 Å². The predicted molar refractivity (Wildman–Crippen MR) is 63.1 cm³/mol. The highest BCUT2D eigenvalue weighted by atomic mass is 19.1. The van der Waals surface area contributed by atoms with Gasteiger partial charge in [-0.15, -0.1) is 0 Å². The molecule has 0 aliphatic rings. The van der Waals surface area contributed by atoms with E-state index in [2.05, 4.69) is 5.32 Å². The average molecular weight is 269 g/mol. The number of ether oxygens (including phenoxy) is 1. The van der Waals surface area contributed by atoms with Gasteiger partial charge in [0, 0.05) is 30.2 Å². The van der Waals surface area contributed by atoms with E-state index in [9.17, 15) is 13.6 Å². The minimum Gasteiger partial charge on any atom is -0.497 e. The standard InChI is InChI=1S/C12H13F2N3O2/c1-19-7-4-8(13)12(9(14)5-7)10(16)6-11(18)17-3-2-15/h4-5,10H,3,6,16H2,1H3,(H,17,18). The first-order chi connectivity index (χ1) is 8.99. The highest BCUT2D eigenvalue weighted by Crippen LogP contribution is 2.26. The van der Waals surface area contributed by atoms with Gasteiger partial charge >= 0.3 is 0 Å². The van der Waals surface area contributed by atoms with E-state index in [-0.39, 0.29) is 24.3 Å². The van der Waals surface area contributed by atoms with E-state index in [1.165, 1.54) is 7.11 Å². The zero-order valence-corrected chi connectivity index (χ0v) is 10.2. The van der Waals surface area contributed by atoms with E-state index in [1.54, 1.807) is 6.07 Å². The Labute approximate surface area is 109 Å². The van der Waals surface area contributed by atoms with Crippen molar-refractivity contribution in [2.75, 3.05) is 13.7 Å². The summed E-state index contributed by atoms with van der Waals surface area (Å²) in [5.41, 5.74) is 5.21. The third-order valence-electron chi connectivity index (χ3n) is 2.43. The number of benzene rings is 1. The van der Waals surface area contributed by atoms with Crippen molar-refractivity contribution in [1.82, 2.24) is 5.32 Å². The Hall–Kier alpha value is -2.20. The number of carbonyl (C=O) groups is 1. The highest BCUT2D eigenvalue weighted by molar-refractivity contribution is 5.77. The lowest BCUT2D eigenvalue weighted by atomic mass is 10.0. The van der Waals surface area contributed by atoms with Crippen molar-refractivity contribution >= 4 is 5.91 Å². The fourth-order valence-corrected chi connectivity index (χ4v) is 1.55. The molecular formula is C12H13F2N3O2. The van der Waals surface area contributed by atoms with Crippen LogP contribution in [0.5, 0.6) is 5.75 Å². The second-order valence-electron chi connectivity index (χ2n) is 3.75. The molecule has 0 aliphatic carbocycles. The van der Waals surface area contributed by atoms with Gasteiger partial charge in [-0.1, -0.05) is 0 Å². The van der Waals surface area contributed by atoms with Crippen molar-refractivity contribution in [3.05, 3.63) is 29.3 Å². The van der Waals surface area contributed by atoms with Gasteiger partial charge in [-0.25, -0.2) is 8.78 Å². The summed E-state index contributed by atoms with van der Waals surface area (Å²) in [6.07, 6.45) is -0.318. The van der Waals surface area contributed by atoms with Crippen LogP contribution in [0.2, 0.25) is 0 Å². The van der Waals surface area contributed by atoms with Crippen LogP contribution in [0.1, 0.15) is 18.0 Å². The lowest BCUT2D eigenvalue weighted by molar-refractivity contribution is -0.121. The Morgan fingerprint density at radius 3 is 2.58 bits per heavy atom. The SMILES string of the molecule is COc1cc(F)c(C(N)CC(=O)NCC#N)c(F)c1. The number of halogens is 2. The van der Waals surface area contributed by atoms with Crippen LogP contribution in [0.3, 0.4) is 0 Å². The molecule has 0 aliphatic heterocycles. The molecule has 0 radical (unpaired) electrons. The van der Waals surface area contributed by atoms with Gasteiger partial charge in [0.1, 0.15) is 23.9 Å². The van der Waals surface area contributed by atoms with Crippen molar-refractivity contribution in [2.24, 2.45) is 5.73 Å². The van der Waals surface area contributed by atoms with Crippen LogP contribution in [0.25, 0.3) is 0 Å². The third kappa shape index (κ3) is 3.89. The van der Waals surface area contributed by atoms with Crippen LogP contribution in [0, 0.1) is 23.0 Å². The molecule has 1 unspecified atom stereocenters. The molecule has 0 spiro atoms. The molecule has 7 heteroatoms. The van der Waals surface area contributed by atoms with E-state index in [4.69, 9.17) is 15.7 Å². The topological polar surface area (TPSA) is 88.1 Å². The number of methoxy groups -OCH3 is 1. The summed E-state index contributed by atoms with van der Waals surface area (Å²) >= 11 is 0. The van der Waals surface area contributed by atoms with Gasteiger partial charge in [0.15, 0.2) is 0 Å². The Balaban J connectivity index is 2.85. The Bertz CT molecular complexity index is 491. The summed E-state index contributed by atoms with van der Waals surface area (Å²) in [5, 5.41) is 10.5. The van der Waals surface area contributed by atoms with Gasteiger partial charge in [0.25, 0.3) is 0 Å². The molecule has 1 rings (SSSR count). The summed E-state index contributed by atoms with van der Waals surface area (Å²) in [6, 6.07) is 2.56. The molecule has 1 amide bonds. The molecule has 0 bridgehead atoms. The van der Waals surface area contributed by atoms with E-state index in [0.717, 1.165) is 12.1 Å². The van der Waals surface area contributed by atoms with Gasteiger partial charge < -0.3 is 15.8 Å². The van der Waals surface area contributed by atoms with Gasteiger partial charge in [0.05, 0.1) is 13.2 Å². The van der Waals surface area contributed by atoms with Crippen molar-refractivity contribution in [3.8, 4) is 11.8 Å². The third-order valence-corrected chi connectivity index (χ3v) is 2.43. The van der Waals surface area contributed by atoms with Crippen molar-refractivity contribution in [2.45, 2.75) is 12.5 Å². The molecule has 1 atom stereocenters. The predicted octanol–water partition coefficient (Wildman–Crippen LogP) is 1.00. The minimum atomic E-state index is -1.13. The number of nitriles is 1. The number of carbonyl (C=O) groups excluding carboxylic acids is 1. The first-order valence-electron chi connectivity index (χ1n) is 5.41. The van der Waals surface area contributed by atoms with E-state index in [1.807, 2.05) is 0 Å². The monoisotopic (exact) mass is 269 g/mol. The molecule has 1 aromatic carbocycles. The molecule has 5 nitrogen and oxygen atoms in total. The number of amides is 1. The minimum absolute atomic E-state index is 0.0277. The summed E-state index contributed by atoms with van der Waals surface area (Å²) < 4.78 is 32.0. The second kappa shape index (κ2) is 6.66. The summed E-state index contributed by atoms with van der Waals surface area (Å²) in [7, 11) is 1.28. The summed E-state index contributed by atoms with van der Waals surface area (Å²) in [5.74, 6) is -2.28. The zero-order valence-electron chi connectivity index (χ0n) is 10.2. The van der Waals surface area contributed by atoms with Crippen molar-refractivity contribution in [3.63, 3.8) is 0 Å². The largest absolute Gasteiger partial charge is 0.497 e.